The van der Waals surface area contributed by atoms with Gasteiger partial charge in [0.2, 0.25) is 5.95 Å². The van der Waals surface area contributed by atoms with Crippen molar-refractivity contribution in [2.45, 2.75) is 38.3 Å². The van der Waals surface area contributed by atoms with Gasteiger partial charge in [0, 0.05) is 6.54 Å². The second-order valence-electron chi connectivity index (χ2n) is 6.90. The number of benzene rings is 1. The molecular weight excluding hydrogens is 444 g/mol. The fourth-order valence-corrected chi connectivity index (χ4v) is 3.68. The molecule has 0 saturated heterocycles. The molecule has 2 aromatic rings. The predicted molar refractivity (Wildman–Crippen MR) is 107 cm³/mol. The van der Waals surface area contributed by atoms with Crippen LogP contribution in [0.4, 0.5) is 29.6 Å². The summed E-state index contributed by atoms with van der Waals surface area (Å²) < 4.78 is 45.3. The second-order valence-corrected chi connectivity index (χ2v) is 7.71. The van der Waals surface area contributed by atoms with Crippen molar-refractivity contribution in [2.24, 2.45) is 5.92 Å². The highest BCUT2D eigenvalue weighted by atomic mass is 35.5. The molecule has 1 aliphatic carbocycles. The lowest BCUT2D eigenvalue weighted by molar-refractivity contribution is -0.142. The maximum Gasteiger partial charge on any atom is 0.437 e. The first-order valence-electron chi connectivity index (χ1n) is 9.35. The van der Waals surface area contributed by atoms with Crippen LogP contribution in [0.5, 0.6) is 5.75 Å². The highest BCUT2D eigenvalue weighted by molar-refractivity contribution is 6.39. The van der Waals surface area contributed by atoms with Crippen LogP contribution < -0.4 is 15.4 Å². The van der Waals surface area contributed by atoms with E-state index in [-0.39, 0.29) is 15.7 Å². The van der Waals surface area contributed by atoms with Crippen molar-refractivity contribution in [3.05, 3.63) is 40.1 Å². The average molecular weight is 463 g/mol. The first kappa shape index (κ1) is 22.4. The summed E-state index contributed by atoms with van der Waals surface area (Å²) >= 11 is 12.0. The predicted octanol–water partition coefficient (Wildman–Crippen LogP) is 6.21. The number of aromatic nitrogens is 2. The minimum Gasteiger partial charge on any atom is -0.406 e. The zero-order valence-corrected chi connectivity index (χ0v) is 17.2. The Hall–Kier alpha value is -2.26. The third-order valence-corrected chi connectivity index (χ3v) is 5.32. The first-order chi connectivity index (χ1) is 14.2. The van der Waals surface area contributed by atoms with E-state index < -0.39 is 29.7 Å². The number of ether oxygens (including phenoxy) is 1. The molecule has 0 atom stereocenters. The van der Waals surface area contributed by atoms with Gasteiger partial charge in [-0.05, 0) is 30.9 Å². The molecular formula is C19H19Cl2F3N4O2. The molecule has 1 amide bonds. The van der Waals surface area contributed by atoms with Gasteiger partial charge in [0.05, 0.1) is 21.9 Å². The summed E-state index contributed by atoms with van der Waals surface area (Å²) in [7, 11) is 0. The SMILES string of the molecule is O=C(NCC1CCCCC1)Oc1cnc(Nc2c(Cl)cccc2Cl)nc1C(F)(F)F. The van der Waals surface area contributed by atoms with Crippen LogP contribution in [0.25, 0.3) is 0 Å². The number of para-hydroxylation sites is 1. The lowest BCUT2D eigenvalue weighted by atomic mass is 9.89. The van der Waals surface area contributed by atoms with E-state index in [4.69, 9.17) is 27.9 Å². The number of halogens is 5. The van der Waals surface area contributed by atoms with Crippen molar-refractivity contribution in [3.8, 4) is 5.75 Å². The summed E-state index contributed by atoms with van der Waals surface area (Å²) in [6.45, 7) is 0.353. The van der Waals surface area contributed by atoms with Crippen LogP contribution >= 0.6 is 23.2 Å². The number of carbonyl (C=O) groups is 1. The lowest BCUT2D eigenvalue weighted by Gasteiger charge is -2.21. The molecule has 1 aromatic heterocycles. The van der Waals surface area contributed by atoms with Gasteiger partial charge in [0.1, 0.15) is 0 Å². The molecule has 1 saturated carbocycles. The van der Waals surface area contributed by atoms with Crippen LogP contribution in [0, 0.1) is 5.92 Å². The van der Waals surface area contributed by atoms with Crippen molar-refractivity contribution >= 4 is 40.9 Å². The molecule has 1 aliphatic rings. The zero-order valence-electron chi connectivity index (χ0n) is 15.7. The quantitative estimate of drug-likeness (QED) is 0.551. The molecule has 1 aromatic carbocycles. The second kappa shape index (κ2) is 9.70. The molecule has 11 heteroatoms. The summed E-state index contributed by atoms with van der Waals surface area (Å²) in [5.41, 5.74) is -1.23. The standard InChI is InChI=1S/C19H19Cl2F3N4O2/c20-12-7-4-8-13(21)15(12)27-17-25-10-14(16(28-17)19(22,23)24)30-18(29)26-9-11-5-2-1-3-6-11/h4,7-8,10-11H,1-3,5-6,9H2,(H,26,29)(H,25,27,28). The Kier molecular flexibility index (Phi) is 7.25. The minimum atomic E-state index is -4.87. The van der Waals surface area contributed by atoms with E-state index in [9.17, 15) is 18.0 Å². The van der Waals surface area contributed by atoms with Crippen LogP contribution in [0.3, 0.4) is 0 Å². The van der Waals surface area contributed by atoms with Gasteiger partial charge in [0.25, 0.3) is 0 Å². The molecule has 162 valence electrons. The number of nitrogens with zero attached hydrogens (tertiary/aromatic N) is 2. The van der Waals surface area contributed by atoms with Crippen molar-refractivity contribution in [1.82, 2.24) is 15.3 Å². The number of amides is 1. The molecule has 1 heterocycles. The van der Waals surface area contributed by atoms with Crippen LogP contribution in [-0.4, -0.2) is 22.6 Å². The zero-order chi connectivity index (χ0) is 21.7. The van der Waals surface area contributed by atoms with E-state index in [2.05, 4.69) is 20.6 Å². The van der Waals surface area contributed by atoms with Gasteiger partial charge in [-0.3, -0.25) is 0 Å². The van der Waals surface area contributed by atoms with E-state index >= 15 is 0 Å². The largest absolute Gasteiger partial charge is 0.437 e. The molecule has 0 aliphatic heterocycles. The maximum atomic E-state index is 13.5. The Labute approximate surface area is 181 Å². The lowest BCUT2D eigenvalue weighted by Crippen LogP contribution is -2.33. The van der Waals surface area contributed by atoms with E-state index in [0.29, 0.717) is 12.5 Å². The maximum absolute atomic E-state index is 13.5. The van der Waals surface area contributed by atoms with Crippen molar-refractivity contribution < 1.29 is 22.7 Å². The van der Waals surface area contributed by atoms with Gasteiger partial charge in [0.15, 0.2) is 11.4 Å². The number of anilines is 2. The summed E-state index contributed by atoms with van der Waals surface area (Å²) in [5, 5.41) is 5.44. The van der Waals surface area contributed by atoms with E-state index in [1.165, 1.54) is 12.1 Å². The summed E-state index contributed by atoms with van der Waals surface area (Å²) in [6.07, 6.45) is 0.196. The van der Waals surface area contributed by atoms with Crippen LogP contribution in [0.2, 0.25) is 10.0 Å². The fraction of sp³-hybridized carbons (Fsp3) is 0.421. The number of hydrogen-bond donors (Lipinski definition) is 2. The van der Waals surface area contributed by atoms with E-state index in [1.54, 1.807) is 6.07 Å². The Bertz CT molecular complexity index is 886. The highest BCUT2D eigenvalue weighted by Gasteiger charge is 2.38. The molecule has 0 bridgehead atoms. The third-order valence-electron chi connectivity index (χ3n) is 4.69. The van der Waals surface area contributed by atoms with Crippen LogP contribution in [0.15, 0.2) is 24.4 Å². The van der Waals surface area contributed by atoms with Crippen LogP contribution in [0.1, 0.15) is 37.8 Å². The van der Waals surface area contributed by atoms with Crippen LogP contribution in [-0.2, 0) is 6.18 Å². The van der Waals surface area contributed by atoms with Gasteiger partial charge < -0.3 is 15.4 Å². The number of rotatable bonds is 5. The van der Waals surface area contributed by atoms with Gasteiger partial charge in [-0.15, -0.1) is 0 Å². The molecule has 1 fully saturated rings. The number of nitrogens with one attached hydrogen (secondary N) is 2. The van der Waals surface area contributed by atoms with Crippen molar-refractivity contribution in [1.29, 1.82) is 0 Å². The summed E-state index contributed by atoms with van der Waals surface area (Å²) in [4.78, 5) is 19.2. The summed E-state index contributed by atoms with van der Waals surface area (Å²) in [5.74, 6) is -0.886. The summed E-state index contributed by atoms with van der Waals surface area (Å²) in [6, 6.07) is 4.60. The molecule has 0 radical (unpaired) electrons. The topological polar surface area (TPSA) is 76.1 Å². The molecule has 0 unspecified atom stereocenters. The average Bonchev–Trinajstić information content (AvgIpc) is 2.70. The molecule has 3 rings (SSSR count). The minimum absolute atomic E-state index is 0.160. The van der Waals surface area contributed by atoms with Gasteiger partial charge in [-0.25, -0.2) is 14.8 Å². The smallest absolute Gasteiger partial charge is 0.406 e. The number of carbonyl (C=O) groups excluding carboxylic acids is 1. The number of alkyl halides is 3. The van der Waals surface area contributed by atoms with E-state index in [1.807, 2.05) is 0 Å². The highest BCUT2D eigenvalue weighted by Crippen LogP contribution is 2.37. The van der Waals surface area contributed by atoms with Gasteiger partial charge in [-0.1, -0.05) is 48.5 Å². The Morgan fingerprint density at radius 3 is 2.47 bits per heavy atom. The van der Waals surface area contributed by atoms with Crippen molar-refractivity contribution in [2.75, 3.05) is 11.9 Å². The molecule has 30 heavy (non-hydrogen) atoms. The normalized spacial score (nSPS) is 15.0. The fourth-order valence-electron chi connectivity index (χ4n) is 3.19. The number of hydrogen-bond acceptors (Lipinski definition) is 5. The third kappa shape index (κ3) is 5.89. The molecule has 6 nitrogen and oxygen atoms in total. The van der Waals surface area contributed by atoms with Gasteiger partial charge in [-0.2, -0.15) is 13.2 Å². The van der Waals surface area contributed by atoms with E-state index in [0.717, 1.165) is 38.3 Å². The monoisotopic (exact) mass is 462 g/mol. The Balaban J connectivity index is 1.73. The van der Waals surface area contributed by atoms with Crippen molar-refractivity contribution in [3.63, 3.8) is 0 Å². The Morgan fingerprint density at radius 1 is 1.17 bits per heavy atom. The molecule has 0 spiro atoms. The van der Waals surface area contributed by atoms with Gasteiger partial charge >= 0.3 is 12.3 Å². The molecule has 2 N–H and O–H groups in total. The Morgan fingerprint density at radius 2 is 1.83 bits per heavy atom. The first-order valence-corrected chi connectivity index (χ1v) is 10.1.